The van der Waals surface area contributed by atoms with E-state index >= 15 is 0 Å². The minimum atomic E-state index is -1.99. The van der Waals surface area contributed by atoms with Crippen LogP contribution in [0.1, 0.15) is 11.1 Å². The summed E-state index contributed by atoms with van der Waals surface area (Å²) in [6.07, 6.45) is 6.24. The van der Waals surface area contributed by atoms with Crippen molar-refractivity contribution in [2.45, 2.75) is 27.7 Å². The fourth-order valence-electron chi connectivity index (χ4n) is 4.84. The van der Waals surface area contributed by atoms with Gasteiger partial charge in [-0.3, -0.25) is 9.97 Å². The van der Waals surface area contributed by atoms with Crippen molar-refractivity contribution in [1.29, 1.82) is 0 Å². The van der Waals surface area contributed by atoms with E-state index in [0.717, 1.165) is 0 Å². The Morgan fingerprint density at radius 2 is 2.00 bits per heavy atom. The zero-order valence-corrected chi connectivity index (χ0v) is 21.3. The molecule has 4 aromatic rings. The van der Waals surface area contributed by atoms with E-state index in [1.54, 1.807) is 60.6 Å². The molecule has 0 radical (unpaired) electrons. The molecule has 188 valence electrons. The van der Waals surface area contributed by atoms with E-state index < -0.39 is 34.3 Å². The highest BCUT2D eigenvalue weighted by atomic mass is 35.5. The smallest absolute Gasteiger partial charge is 0.194 e. The second-order valence-electron chi connectivity index (χ2n) is 8.12. The number of hydrogen-bond donors (Lipinski definition) is 4. The summed E-state index contributed by atoms with van der Waals surface area (Å²) in [5, 5.41) is 31.2. The number of aliphatic hydroxyl groups excluding tert-OH is 2. The molecule has 5 heterocycles. The SMILES string of the molecule is CO[C@@]1(c2ccncc2)[C@@H](S)O[C@](Cl)(CO)[C@H](O)C1(c1cccnc1)n1cc(-c2csc(N)n2)nn1. The zero-order valence-electron chi connectivity index (χ0n) is 18.8. The molecule has 4 N–H and O–H groups in total. The van der Waals surface area contributed by atoms with E-state index in [4.69, 9.17) is 39.4 Å². The third-order valence-electron chi connectivity index (χ3n) is 6.41. The second kappa shape index (κ2) is 9.34. The van der Waals surface area contributed by atoms with Gasteiger partial charge < -0.3 is 25.4 Å². The number of methoxy groups -OCH3 is 1. The molecule has 0 aliphatic carbocycles. The van der Waals surface area contributed by atoms with Crippen LogP contribution in [0.25, 0.3) is 11.4 Å². The molecule has 4 aromatic heterocycles. The lowest BCUT2D eigenvalue weighted by Crippen LogP contribution is -2.75. The van der Waals surface area contributed by atoms with Gasteiger partial charge in [0.25, 0.3) is 0 Å². The van der Waals surface area contributed by atoms with Gasteiger partial charge >= 0.3 is 0 Å². The van der Waals surface area contributed by atoms with Gasteiger partial charge in [0.15, 0.2) is 21.3 Å². The van der Waals surface area contributed by atoms with Gasteiger partial charge in [-0.2, -0.15) is 0 Å². The van der Waals surface area contributed by atoms with Crippen LogP contribution in [0.2, 0.25) is 0 Å². The van der Waals surface area contributed by atoms with Crippen molar-refractivity contribution >= 4 is 40.7 Å². The van der Waals surface area contributed by atoms with Gasteiger partial charge in [-0.15, -0.1) is 29.1 Å². The predicted octanol–water partition coefficient (Wildman–Crippen LogP) is 1.63. The van der Waals surface area contributed by atoms with Gasteiger partial charge in [0.1, 0.15) is 22.9 Å². The van der Waals surface area contributed by atoms with Gasteiger partial charge in [-0.1, -0.05) is 22.9 Å². The number of nitrogens with zero attached hydrogens (tertiary/aromatic N) is 6. The number of nitrogens with two attached hydrogens (primary N) is 1. The largest absolute Gasteiger partial charge is 0.392 e. The third kappa shape index (κ3) is 3.46. The quantitative estimate of drug-likeness (QED) is 0.207. The molecule has 0 bridgehead atoms. The lowest BCUT2D eigenvalue weighted by molar-refractivity contribution is -0.282. The fourth-order valence-corrected chi connectivity index (χ4v) is 6.35. The van der Waals surface area contributed by atoms with E-state index in [0.29, 0.717) is 27.6 Å². The molecule has 36 heavy (non-hydrogen) atoms. The van der Waals surface area contributed by atoms with Crippen molar-refractivity contribution in [3.63, 3.8) is 0 Å². The first-order valence-electron chi connectivity index (χ1n) is 10.7. The Hall–Kier alpha value is -2.65. The average Bonchev–Trinajstić information content (AvgIpc) is 3.57. The fraction of sp³-hybridized carbons (Fsp3) is 0.318. The van der Waals surface area contributed by atoms with E-state index in [2.05, 4.69) is 25.3 Å². The lowest BCUT2D eigenvalue weighted by atomic mass is 9.65. The average molecular weight is 548 g/mol. The summed E-state index contributed by atoms with van der Waals surface area (Å²) in [5.41, 5.74) is 3.30. The van der Waals surface area contributed by atoms with Crippen LogP contribution in [-0.4, -0.2) is 70.5 Å². The second-order valence-corrected chi connectivity index (χ2v) is 10.1. The van der Waals surface area contributed by atoms with Crippen LogP contribution in [0.15, 0.2) is 60.6 Å². The first kappa shape index (κ1) is 25.0. The van der Waals surface area contributed by atoms with Crippen molar-refractivity contribution in [2.24, 2.45) is 0 Å². The monoisotopic (exact) mass is 547 g/mol. The summed E-state index contributed by atoms with van der Waals surface area (Å²) in [6, 6.07) is 6.88. The van der Waals surface area contributed by atoms with Crippen LogP contribution in [0, 0.1) is 0 Å². The number of alkyl halides is 1. The van der Waals surface area contributed by atoms with Crippen molar-refractivity contribution in [3.8, 4) is 11.4 Å². The van der Waals surface area contributed by atoms with Crippen LogP contribution >= 0.6 is 35.6 Å². The number of halogens is 1. The molecule has 1 aliphatic rings. The van der Waals surface area contributed by atoms with Gasteiger partial charge in [0.05, 0.1) is 12.8 Å². The van der Waals surface area contributed by atoms with Crippen molar-refractivity contribution in [3.05, 3.63) is 71.8 Å². The maximum atomic E-state index is 12.1. The summed E-state index contributed by atoms with van der Waals surface area (Å²) < 4.78 is 13.6. The molecule has 0 amide bonds. The summed E-state index contributed by atoms with van der Waals surface area (Å²) in [7, 11) is 1.46. The minimum Gasteiger partial charge on any atom is -0.392 e. The number of ether oxygens (including phenoxy) is 2. The first-order valence-corrected chi connectivity index (χ1v) is 12.4. The molecule has 14 heteroatoms. The molecule has 0 saturated carbocycles. The summed E-state index contributed by atoms with van der Waals surface area (Å²) in [5.74, 6) is 0. The number of thiazole rings is 1. The molecular formula is C22H22ClN7O4S2. The Balaban J connectivity index is 1.89. The van der Waals surface area contributed by atoms with Crippen molar-refractivity contribution in [1.82, 2.24) is 29.9 Å². The number of rotatable bonds is 6. The Morgan fingerprint density at radius 3 is 2.61 bits per heavy atom. The van der Waals surface area contributed by atoms with E-state index in [9.17, 15) is 10.2 Å². The normalized spacial score (nSPS) is 30.4. The van der Waals surface area contributed by atoms with Crippen LogP contribution in [0.4, 0.5) is 5.13 Å². The van der Waals surface area contributed by atoms with Gasteiger partial charge in [0.2, 0.25) is 0 Å². The molecule has 0 aromatic carbocycles. The van der Waals surface area contributed by atoms with Gasteiger partial charge in [-0.05, 0) is 23.8 Å². The number of aromatic nitrogens is 6. The van der Waals surface area contributed by atoms with Crippen molar-refractivity contribution < 1.29 is 19.7 Å². The number of aliphatic hydroxyl groups is 2. The topological polar surface area (TPSA) is 154 Å². The zero-order chi connectivity index (χ0) is 25.6. The molecule has 5 rings (SSSR count). The maximum absolute atomic E-state index is 12.1. The van der Waals surface area contributed by atoms with E-state index in [-0.39, 0.29) is 0 Å². The highest BCUT2D eigenvalue weighted by Crippen LogP contribution is 2.59. The van der Waals surface area contributed by atoms with Crippen LogP contribution < -0.4 is 5.73 Å². The molecular weight excluding hydrogens is 526 g/mol. The Morgan fingerprint density at radius 1 is 1.22 bits per heavy atom. The van der Waals surface area contributed by atoms with Gasteiger partial charge in [-0.25, -0.2) is 9.67 Å². The number of hydrogen-bond acceptors (Lipinski definition) is 12. The molecule has 1 unspecified atom stereocenters. The Kier molecular flexibility index (Phi) is 6.49. The van der Waals surface area contributed by atoms with Crippen LogP contribution in [0.3, 0.4) is 0 Å². The summed E-state index contributed by atoms with van der Waals surface area (Å²) in [6.45, 7) is -0.741. The molecule has 11 nitrogen and oxygen atoms in total. The number of anilines is 1. The summed E-state index contributed by atoms with van der Waals surface area (Å²) >= 11 is 12.7. The standard InChI is InChI=1S/C22H22ClN7O4S2/c1-33-22(13-4-7-25-8-5-13)18(35)34-20(23,12-31)17(32)21(22,14-3-2-6-26-9-14)30-10-15(28-29-30)16-11-36-19(24)27-16/h2-11,17-18,31-32,35H,12H2,1H3,(H2,24,27)/t17-,18+,20+,21?,22-/m0/s1. The Labute approximate surface area is 220 Å². The first-order chi connectivity index (χ1) is 17.3. The number of nitrogen functional groups attached to an aromatic ring is 1. The van der Waals surface area contributed by atoms with Crippen molar-refractivity contribution in [2.75, 3.05) is 19.5 Å². The van der Waals surface area contributed by atoms with Gasteiger partial charge in [0, 0.05) is 42.8 Å². The Bertz CT molecular complexity index is 1350. The van der Waals surface area contributed by atoms with E-state index in [1.807, 2.05) is 0 Å². The number of pyridine rings is 2. The van der Waals surface area contributed by atoms with E-state index in [1.165, 1.54) is 23.1 Å². The third-order valence-corrected chi connectivity index (χ3v) is 7.97. The van der Waals surface area contributed by atoms with Crippen LogP contribution in [-0.2, 0) is 20.6 Å². The highest BCUT2D eigenvalue weighted by molar-refractivity contribution is 7.80. The molecule has 1 saturated heterocycles. The molecule has 5 atom stereocenters. The highest BCUT2D eigenvalue weighted by Gasteiger charge is 2.73. The van der Waals surface area contributed by atoms with Crippen LogP contribution in [0.5, 0.6) is 0 Å². The molecule has 1 aliphatic heterocycles. The molecule has 1 fully saturated rings. The summed E-state index contributed by atoms with van der Waals surface area (Å²) in [4.78, 5) is 12.7. The minimum absolute atomic E-state index is 0.367. The number of thiol groups is 1. The molecule has 0 spiro atoms. The maximum Gasteiger partial charge on any atom is 0.194 e. The predicted molar refractivity (Wildman–Crippen MR) is 135 cm³/mol. The lowest BCUT2D eigenvalue weighted by Gasteiger charge is -2.60.